The number of halogens is 1. The molecule has 0 radical (unpaired) electrons. The van der Waals surface area contributed by atoms with E-state index < -0.39 is 5.25 Å². The van der Waals surface area contributed by atoms with Crippen LogP contribution >= 0.6 is 11.8 Å². The fourth-order valence-corrected chi connectivity index (χ4v) is 4.72. The summed E-state index contributed by atoms with van der Waals surface area (Å²) in [6, 6.07) is 17.0. The Balaban J connectivity index is 1.56. The zero-order chi connectivity index (χ0) is 23.4. The van der Waals surface area contributed by atoms with Gasteiger partial charge in [-0.15, -0.1) is 0 Å². The molecular weight excluding hydrogens is 439 g/mol. The maximum absolute atomic E-state index is 13.2. The van der Waals surface area contributed by atoms with E-state index in [1.165, 1.54) is 36.0 Å². The Morgan fingerprint density at radius 1 is 1.12 bits per heavy atom. The molecule has 1 atom stereocenters. The lowest BCUT2D eigenvalue weighted by molar-refractivity contribution is -0.128. The van der Waals surface area contributed by atoms with Crippen LogP contribution in [0.1, 0.15) is 23.2 Å². The molecule has 33 heavy (non-hydrogen) atoms. The molecule has 0 bridgehead atoms. The number of carbonyl (C=O) groups is 2. The highest BCUT2D eigenvalue weighted by atomic mass is 32.2. The molecule has 168 valence electrons. The minimum absolute atomic E-state index is 0.0224. The van der Waals surface area contributed by atoms with Gasteiger partial charge < -0.3 is 5.32 Å². The van der Waals surface area contributed by atoms with E-state index in [0.29, 0.717) is 10.9 Å². The fourth-order valence-electron chi connectivity index (χ4n) is 3.56. The maximum atomic E-state index is 13.2. The third kappa shape index (κ3) is 5.84. The van der Waals surface area contributed by atoms with Crippen LogP contribution in [0.5, 0.6) is 0 Å². The number of amidine groups is 1. The molecule has 1 aliphatic rings. The molecule has 0 spiro atoms. The average Bonchev–Trinajstić information content (AvgIpc) is 3.04. The summed E-state index contributed by atoms with van der Waals surface area (Å²) >= 11 is 1.27. The van der Waals surface area contributed by atoms with Gasteiger partial charge in [0.15, 0.2) is 5.17 Å². The van der Waals surface area contributed by atoms with Crippen molar-refractivity contribution in [1.82, 2.24) is 9.88 Å². The summed E-state index contributed by atoms with van der Waals surface area (Å²) in [5.74, 6) is -0.896. The Kier molecular flexibility index (Phi) is 6.84. The van der Waals surface area contributed by atoms with Crippen molar-refractivity contribution >= 4 is 40.1 Å². The molecule has 1 N–H and O–H groups in total. The van der Waals surface area contributed by atoms with Crippen molar-refractivity contribution in [2.45, 2.75) is 32.1 Å². The van der Waals surface area contributed by atoms with Gasteiger partial charge in [-0.2, -0.15) is 0 Å². The van der Waals surface area contributed by atoms with Crippen molar-refractivity contribution in [1.29, 1.82) is 0 Å². The maximum Gasteiger partial charge on any atom is 0.243 e. The third-order valence-corrected chi connectivity index (χ3v) is 6.17. The van der Waals surface area contributed by atoms with Crippen LogP contribution in [-0.4, -0.2) is 32.1 Å². The van der Waals surface area contributed by atoms with E-state index in [-0.39, 0.29) is 30.6 Å². The lowest BCUT2D eigenvalue weighted by atomic mass is 10.1. The molecule has 2 heterocycles. The first-order valence-electron chi connectivity index (χ1n) is 10.5. The molecule has 2 aromatic carbocycles. The van der Waals surface area contributed by atoms with Gasteiger partial charge in [-0.1, -0.05) is 23.9 Å². The second-order valence-electron chi connectivity index (χ2n) is 7.85. The SMILES string of the molecule is Cc1cc(C)cc(N=C2SC(CC(=O)Nc3ccc(F)cc3)C(=O)N2Cc2ccccn2)c1. The zero-order valence-corrected chi connectivity index (χ0v) is 19.1. The quantitative estimate of drug-likeness (QED) is 0.560. The number of nitrogens with zero attached hydrogens (tertiary/aromatic N) is 3. The number of benzene rings is 2. The van der Waals surface area contributed by atoms with Gasteiger partial charge in [0.05, 0.1) is 17.9 Å². The van der Waals surface area contributed by atoms with Crippen LogP contribution in [0.2, 0.25) is 0 Å². The van der Waals surface area contributed by atoms with Crippen molar-refractivity contribution in [2.75, 3.05) is 5.32 Å². The van der Waals surface area contributed by atoms with Gasteiger partial charge in [0.1, 0.15) is 11.1 Å². The summed E-state index contributed by atoms with van der Waals surface area (Å²) in [5.41, 5.74) is 4.12. The second-order valence-corrected chi connectivity index (χ2v) is 9.02. The summed E-state index contributed by atoms with van der Waals surface area (Å²) in [7, 11) is 0. The number of nitrogens with one attached hydrogen (secondary N) is 1. The van der Waals surface area contributed by atoms with Gasteiger partial charge >= 0.3 is 0 Å². The van der Waals surface area contributed by atoms with Crippen LogP contribution in [0.25, 0.3) is 0 Å². The van der Waals surface area contributed by atoms with Crippen LogP contribution in [-0.2, 0) is 16.1 Å². The van der Waals surface area contributed by atoms with Gasteiger partial charge in [0.2, 0.25) is 11.8 Å². The summed E-state index contributed by atoms with van der Waals surface area (Å²) in [5, 5.41) is 2.64. The third-order valence-electron chi connectivity index (χ3n) is 5.00. The molecule has 3 aromatic rings. The van der Waals surface area contributed by atoms with Crippen LogP contribution in [0.15, 0.2) is 71.9 Å². The molecule has 6 nitrogen and oxygen atoms in total. The number of hydrogen-bond acceptors (Lipinski definition) is 5. The van der Waals surface area contributed by atoms with E-state index in [4.69, 9.17) is 4.99 Å². The molecule has 8 heteroatoms. The molecule has 2 amide bonds. The Morgan fingerprint density at radius 2 is 1.85 bits per heavy atom. The highest BCUT2D eigenvalue weighted by Gasteiger charge is 2.39. The van der Waals surface area contributed by atoms with Gasteiger partial charge in [0, 0.05) is 18.3 Å². The number of aryl methyl sites for hydroxylation is 2. The molecule has 4 rings (SSSR count). The highest BCUT2D eigenvalue weighted by molar-refractivity contribution is 8.15. The summed E-state index contributed by atoms with van der Waals surface area (Å²) < 4.78 is 13.1. The van der Waals surface area contributed by atoms with Crippen LogP contribution in [0.3, 0.4) is 0 Å². The fraction of sp³-hybridized carbons (Fsp3) is 0.200. The van der Waals surface area contributed by atoms with E-state index in [9.17, 15) is 14.0 Å². The largest absolute Gasteiger partial charge is 0.326 e. The molecule has 1 saturated heterocycles. The van der Waals surface area contributed by atoms with E-state index in [2.05, 4.69) is 16.4 Å². The predicted octanol–water partition coefficient (Wildman–Crippen LogP) is 5.00. The van der Waals surface area contributed by atoms with Gasteiger partial charge in [-0.3, -0.25) is 19.5 Å². The molecule has 1 unspecified atom stereocenters. The number of rotatable bonds is 6. The topological polar surface area (TPSA) is 74.7 Å². The van der Waals surface area contributed by atoms with Gasteiger partial charge in [-0.05, 0) is 73.5 Å². The number of carbonyl (C=O) groups excluding carboxylic acids is 2. The number of aliphatic imine (C=N–C) groups is 1. The first-order valence-corrected chi connectivity index (χ1v) is 11.4. The smallest absolute Gasteiger partial charge is 0.243 e. The van der Waals surface area contributed by atoms with E-state index >= 15 is 0 Å². The summed E-state index contributed by atoms with van der Waals surface area (Å²) in [6.45, 7) is 4.27. The van der Waals surface area contributed by atoms with E-state index in [1.807, 2.05) is 44.2 Å². The molecule has 1 fully saturated rings. The molecule has 0 saturated carbocycles. The molecule has 1 aliphatic heterocycles. The molecule has 0 aliphatic carbocycles. The molecule has 1 aromatic heterocycles. The van der Waals surface area contributed by atoms with Crippen molar-refractivity contribution in [2.24, 2.45) is 4.99 Å². The Hall–Kier alpha value is -3.52. The first kappa shape index (κ1) is 22.7. The number of anilines is 1. The van der Waals surface area contributed by atoms with Gasteiger partial charge in [-0.25, -0.2) is 9.38 Å². The summed E-state index contributed by atoms with van der Waals surface area (Å²) in [4.78, 5) is 36.5. The number of hydrogen-bond donors (Lipinski definition) is 1. The monoisotopic (exact) mass is 462 g/mol. The van der Waals surface area contributed by atoms with E-state index in [0.717, 1.165) is 22.5 Å². The van der Waals surface area contributed by atoms with E-state index in [1.54, 1.807) is 11.1 Å². The first-order chi connectivity index (χ1) is 15.9. The van der Waals surface area contributed by atoms with Crippen LogP contribution in [0.4, 0.5) is 15.8 Å². The minimum atomic E-state index is -0.612. The Morgan fingerprint density at radius 3 is 2.52 bits per heavy atom. The normalized spacial score (nSPS) is 16.9. The Labute approximate surface area is 195 Å². The van der Waals surface area contributed by atoms with Gasteiger partial charge in [0.25, 0.3) is 0 Å². The second kappa shape index (κ2) is 9.95. The van der Waals surface area contributed by atoms with Crippen molar-refractivity contribution in [3.8, 4) is 0 Å². The number of pyridine rings is 1. The average molecular weight is 463 g/mol. The zero-order valence-electron chi connectivity index (χ0n) is 18.3. The minimum Gasteiger partial charge on any atom is -0.326 e. The highest BCUT2D eigenvalue weighted by Crippen LogP contribution is 2.33. The number of aromatic nitrogens is 1. The lowest BCUT2D eigenvalue weighted by Crippen LogP contribution is -2.33. The number of thioether (sulfide) groups is 1. The van der Waals surface area contributed by atoms with Crippen molar-refractivity contribution in [3.05, 3.63) is 89.5 Å². The molecular formula is C25H23FN4O2S. The van der Waals surface area contributed by atoms with Crippen LogP contribution < -0.4 is 5.32 Å². The number of amides is 2. The summed E-state index contributed by atoms with van der Waals surface area (Å²) in [6.07, 6.45) is 1.66. The standard InChI is InChI=1S/C25H23FN4O2S/c1-16-11-17(2)13-21(12-16)29-25-30(15-20-5-3-4-10-27-20)24(32)22(33-25)14-23(31)28-19-8-6-18(26)7-9-19/h3-13,22H,14-15H2,1-2H3,(H,28,31). The Bertz CT molecular complexity index is 1180. The van der Waals surface area contributed by atoms with Crippen molar-refractivity contribution < 1.29 is 14.0 Å². The lowest BCUT2D eigenvalue weighted by Gasteiger charge is -2.16. The predicted molar refractivity (Wildman–Crippen MR) is 129 cm³/mol. The van der Waals surface area contributed by atoms with Crippen LogP contribution in [0, 0.1) is 19.7 Å². The van der Waals surface area contributed by atoms with Crippen molar-refractivity contribution in [3.63, 3.8) is 0 Å².